The highest BCUT2D eigenvalue weighted by molar-refractivity contribution is 6.32. The quantitative estimate of drug-likeness (QED) is 0.785. The number of para-hydroxylation sites is 1. The molecule has 0 atom stereocenters. The summed E-state index contributed by atoms with van der Waals surface area (Å²) in [6.07, 6.45) is 1.52. The molecular weight excluding hydrogens is 233 g/mol. The Balaban J connectivity index is 2.22. The molecule has 0 amide bonds. The number of rotatable bonds is 2. The Hall–Kier alpha value is -1.25. The van der Waals surface area contributed by atoms with Gasteiger partial charge in [-0.25, -0.2) is 4.98 Å². The molecule has 0 spiro atoms. The standard InChI is InChI=1S/C11H7Cl2NO/c12-8-5-6-11(14-7-8)15-10-4-2-1-3-9(10)13/h1-7H. The number of hydrogen-bond acceptors (Lipinski definition) is 2. The summed E-state index contributed by atoms with van der Waals surface area (Å²) in [7, 11) is 0. The van der Waals surface area contributed by atoms with Crippen LogP contribution in [-0.2, 0) is 0 Å². The smallest absolute Gasteiger partial charge is 0.219 e. The first-order valence-corrected chi connectivity index (χ1v) is 5.05. The van der Waals surface area contributed by atoms with Gasteiger partial charge in [0.2, 0.25) is 5.88 Å². The van der Waals surface area contributed by atoms with Gasteiger partial charge in [0, 0.05) is 12.3 Å². The third-order valence-corrected chi connectivity index (χ3v) is 2.29. The monoisotopic (exact) mass is 239 g/mol. The van der Waals surface area contributed by atoms with E-state index in [4.69, 9.17) is 27.9 Å². The van der Waals surface area contributed by atoms with E-state index < -0.39 is 0 Å². The fourth-order valence-corrected chi connectivity index (χ4v) is 1.35. The molecule has 0 saturated carbocycles. The summed E-state index contributed by atoms with van der Waals surface area (Å²) in [6, 6.07) is 10.6. The fraction of sp³-hybridized carbons (Fsp3) is 0. The van der Waals surface area contributed by atoms with Crippen LogP contribution in [0, 0.1) is 0 Å². The highest BCUT2D eigenvalue weighted by Crippen LogP contribution is 2.27. The van der Waals surface area contributed by atoms with Gasteiger partial charge in [0.15, 0.2) is 0 Å². The van der Waals surface area contributed by atoms with Crippen LogP contribution in [0.25, 0.3) is 0 Å². The van der Waals surface area contributed by atoms with Crippen LogP contribution in [0.3, 0.4) is 0 Å². The summed E-state index contributed by atoms with van der Waals surface area (Å²) in [6.45, 7) is 0. The zero-order chi connectivity index (χ0) is 10.7. The summed E-state index contributed by atoms with van der Waals surface area (Å²) < 4.78 is 5.46. The second kappa shape index (κ2) is 4.51. The lowest BCUT2D eigenvalue weighted by atomic mass is 10.3. The molecule has 0 N–H and O–H groups in total. The Kier molecular flexibility index (Phi) is 3.09. The molecule has 4 heteroatoms. The van der Waals surface area contributed by atoms with Gasteiger partial charge in [0.25, 0.3) is 0 Å². The number of benzene rings is 1. The SMILES string of the molecule is Clc1ccc(Oc2ccccc2Cl)nc1. The third-order valence-electron chi connectivity index (χ3n) is 1.75. The number of aromatic nitrogens is 1. The molecule has 0 radical (unpaired) electrons. The van der Waals surface area contributed by atoms with E-state index in [1.54, 1.807) is 24.3 Å². The van der Waals surface area contributed by atoms with Crippen LogP contribution in [0.2, 0.25) is 10.0 Å². The van der Waals surface area contributed by atoms with Crippen LogP contribution in [0.4, 0.5) is 0 Å². The molecule has 0 aliphatic heterocycles. The number of halogens is 2. The third kappa shape index (κ3) is 2.61. The normalized spacial score (nSPS) is 10.0. The van der Waals surface area contributed by atoms with Gasteiger partial charge in [0.05, 0.1) is 10.0 Å². The van der Waals surface area contributed by atoms with Crippen molar-refractivity contribution in [2.24, 2.45) is 0 Å². The summed E-state index contributed by atoms with van der Waals surface area (Å²) in [5.74, 6) is 1.04. The Morgan fingerprint density at radius 3 is 2.47 bits per heavy atom. The van der Waals surface area contributed by atoms with Gasteiger partial charge >= 0.3 is 0 Å². The minimum Gasteiger partial charge on any atom is -0.437 e. The van der Waals surface area contributed by atoms with E-state index in [0.717, 1.165) is 0 Å². The fourth-order valence-electron chi connectivity index (χ4n) is 1.06. The Morgan fingerprint density at radius 1 is 1.00 bits per heavy atom. The van der Waals surface area contributed by atoms with Crippen LogP contribution in [0.1, 0.15) is 0 Å². The number of ether oxygens (including phenoxy) is 1. The van der Waals surface area contributed by atoms with Crippen LogP contribution in [0.15, 0.2) is 42.6 Å². The van der Waals surface area contributed by atoms with Crippen LogP contribution in [-0.4, -0.2) is 4.98 Å². The molecule has 1 heterocycles. The lowest BCUT2D eigenvalue weighted by Crippen LogP contribution is -1.87. The molecule has 2 aromatic rings. The van der Waals surface area contributed by atoms with Crippen molar-refractivity contribution in [3.8, 4) is 11.6 Å². The molecular formula is C11H7Cl2NO. The van der Waals surface area contributed by atoms with Gasteiger partial charge in [-0.05, 0) is 18.2 Å². The second-order valence-corrected chi connectivity index (χ2v) is 3.69. The zero-order valence-electron chi connectivity index (χ0n) is 7.65. The molecule has 0 aliphatic rings. The van der Waals surface area contributed by atoms with Crippen molar-refractivity contribution < 1.29 is 4.74 Å². The van der Waals surface area contributed by atoms with Crippen molar-refractivity contribution in [3.05, 3.63) is 52.6 Å². The number of hydrogen-bond donors (Lipinski definition) is 0. The highest BCUT2D eigenvalue weighted by atomic mass is 35.5. The molecule has 1 aromatic carbocycles. The first kappa shape index (κ1) is 10.3. The van der Waals surface area contributed by atoms with Crippen molar-refractivity contribution in [2.75, 3.05) is 0 Å². The summed E-state index contributed by atoms with van der Waals surface area (Å²) in [4.78, 5) is 4.00. The van der Waals surface area contributed by atoms with Gasteiger partial charge in [-0.1, -0.05) is 35.3 Å². The topological polar surface area (TPSA) is 22.1 Å². The Morgan fingerprint density at radius 2 is 1.80 bits per heavy atom. The molecule has 0 aliphatic carbocycles. The molecule has 0 fully saturated rings. The highest BCUT2D eigenvalue weighted by Gasteiger charge is 2.02. The van der Waals surface area contributed by atoms with Gasteiger partial charge in [-0.15, -0.1) is 0 Å². The summed E-state index contributed by atoms with van der Waals surface area (Å²) in [5.41, 5.74) is 0. The van der Waals surface area contributed by atoms with Crippen LogP contribution >= 0.6 is 23.2 Å². The predicted molar refractivity (Wildman–Crippen MR) is 60.8 cm³/mol. The molecule has 0 saturated heterocycles. The van der Waals surface area contributed by atoms with E-state index in [2.05, 4.69) is 4.98 Å². The van der Waals surface area contributed by atoms with Crippen molar-refractivity contribution >= 4 is 23.2 Å². The van der Waals surface area contributed by atoms with Crippen LogP contribution in [0.5, 0.6) is 11.6 Å². The largest absolute Gasteiger partial charge is 0.437 e. The van der Waals surface area contributed by atoms with Gasteiger partial charge in [-0.3, -0.25) is 0 Å². The van der Waals surface area contributed by atoms with E-state index in [-0.39, 0.29) is 0 Å². The van der Waals surface area contributed by atoms with Gasteiger partial charge < -0.3 is 4.74 Å². The van der Waals surface area contributed by atoms with Gasteiger partial charge in [0.1, 0.15) is 5.75 Å². The zero-order valence-corrected chi connectivity index (χ0v) is 9.16. The van der Waals surface area contributed by atoms with E-state index in [1.807, 2.05) is 12.1 Å². The Labute approximate surface area is 97.4 Å². The van der Waals surface area contributed by atoms with Crippen molar-refractivity contribution in [2.45, 2.75) is 0 Å². The number of pyridine rings is 1. The maximum Gasteiger partial charge on any atom is 0.219 e. The first-order chi connectivity index (χ1) is 7.25. The van der Waals surface area contributed by atoms with E-state index in [9.17, 15) is 0 Å². The molecule has 2 nitrogen and oxygen atoms in total. The van der Waals surface area contributed by atoms with E-state index >= 15 is 0 Å². The lowest BCUT2D eigenvalue weighted by Gasteiger charge is -2.05. The molecule has 0 unspecified atom stereocenters. The maximum absolute atomic E-state index is 5.93. The van der Waals surface area contributed by atoms with Crippen molar-refractivity contribution in [1.82, 2.24) is 4.98 Å². The van der Waals surface area contributed by atoms with Gasteiger partial charge in [-0.2, -0.15) is 0 Å². The minimum absolute atomic E-state index is 0.465. The molecule has 15 heavy (non-hydrogen) atoms. The summed E-state index contributed by atoms with van der Waals surface area (Å²) >= 11 is 11.6. The van der Waals surface area contributed by atoms with Crippen molar-refractivity contribution in [1.29, 1.82) is 0 Å². The number of nitrogens with zero attached hydrogens (tertiary/aromatic N) is 1. The van der Waals surface area contributed by atoms with E-state index in [0.29, 0.717) is 21.7 Å². The molecule has 76 valence electrons. The average Bonchev–Trinajstić information content (AvgIpc) is 2.25. The summed E-state index contributed by atoms with van der Waals surface area (Å²) in [5, 5.41) is 1.12. The molecule has 1 aromatic heterocycles. The van der Waals surface area contributed by atoms with Crippen molar-refractivity contribution in [3.63, 3.8) is 0 Å². The molecule has 0 bridgehead atoms. The van der Waals surface area contributed by atoms with E-state index in [1.165, 1.54) is 6.20 Å². The first-order valence-electron chi connectivity index (χ1n) is 4.29. The minimum atomic E-state index is 0.465. The predicted octanol–water partition coefficient (Wildman–Crippen LogP) is 4.18. The van der Waals surface area contributed by atoms with Crippen LogP contribution < -0.4 is 4.74 Å². The molecule has 2 rings (SSSR count). The Bertz CT molecular complexity index is 456. The average molecular weight is 240 g/mol. The lowest BCUT2D eigenvalue weighted by molar-refractivity contribution is 0.463. The second-order valence-electron chi connectivity index (χ2n) is 2.85. The maximum atomic E-state index is 5.93.